The second-order valence-electron chi connectivity index (χ2n) is 8.19. The molecule has 3 aromatic carbocycles. The van der Waals surface area contributed by atoms with Crippen molar-refractivity contribution >= 4 is 49.0 Å². The molecule has 0 radical (unpaired) electrons. The van der Waals surface area contributed by atoms with Crippen LogP contribution in [-0.2, 0) is 23.1 Å². The minimum absolute atomic E-state index is 0.00753. The smallest absolute Gasteiger partial charge is 0.240 e. The summed E-state index contributed by atoms with van der Waals surface area (Å²) in [6.07, 6.45) is 1.68. The van der Waals surface area contributed by atoms with Crippen molar-refractivity contribution in [1.29, 1.82) is 0 Å². The zero-order valence-corrected chi connectivity index (χ0v) is 22.4. The molecule has 2 aromatic heterocycles. The van der Waals surface area contributed by atoms with E-state index in [1.165, 1.54) is 12.1 Å². The van der Waals surface area contributed by atoms with Crippen molar-refractivity contribution in [2.75, 3.05) is 5.32 Å². The lowest BCUT2D eigenvalue weighted by molar-refractivity contribution is 0.580. The number of nitrogens with one attached hydrogen (secondary N) is 2. The molecule has 0 saturated carbocycles. The molecule has 2 heterocycles. The number of benzene rings is 3. The Labute approximate surface area is 226 Å². The molecule has 0 unspecified atom stereocenters. The van der Waals surface area contributed by atoms with Gasteiger partial charge in [-0.2, -0.15) is 9.61 Å². The van der Waals surface area contributed by atoms with Gasteiger partial charge in [-0.1, -0.05) is 54.1 Å². The van der Waals surface area contributed by atoms with E-state index in [2.05, 4.69) is 31.1 Å². The van der Waals surface area contributed by atoms with E-state index in [1.807, 2.05) is 54.6 Å². The van der Waals surface area contributed by atoms with Crippen molar-refractivity contribution in [3.8, 4) is 11.3 Å². The monoisotopic (exact) mass is 599 g/mol. The van der Waals surface area contributed by atoms with Gasteiger partial charge >= 0.3 is 0 Å². The molecule has 2 N–H and O–H groups in total. The van der Waals surface area contributed by atoms with Crippen LogP contribution in [-0.4, -0.2) is 23.0 Å². The van der Waals surface area contributed by atoms with Gasteiger partial charge in [-0.3, -0.25) is 0 Å². The Balaban J connectivity index is 1.34. The number of anilines is 1. The molecule has 37 heavy (non-hydrogen) atoms. The SMILES string of the molecule is O=S(=O)(NCc1cccc(CNc2cc(-c3ccccc3Cl)nc3c(Br)cnn23)c1)c1ccc(F)cc1. The summed E-state index contributed by atoms with van der Waals surface area (Å²) in [5, 5.41) is 8.40. The fourth-order valence-corrected chi connectivity index (χ4v) is 5.39. The second kappa shape index (κ2) is 10.6. The molecule has 0 atom stereocenters. The third-order valence-corrected chi connectivity index (χ3v) is 7.94. The van der Waals surface area contributed by atoms with Crippen LogP contribution < -0.4 is 10.0 Å². The molecule has 0 aliphatic carbocycles. The number of hydrogen-bond donors (Lipinski definition) is 2. The number of nitrogens with zero attached hydrogens (tertiary/aromatic N) is 3. The number of rotatable bonds is 8. The first-order valence-corrected chi connectivity index (χ1v) is 13.8. The molecule has 5 rings (SSSR count). The summed E-state index contributed by atoms with van der Waals surface area (Å²) < 4.78 is 43.2. The van der Waals surface area contributed by atoms with E-state index in [0.717, 1.165) is 33.3 Å². The molecule has 0 amide bonds. The molecule has 11 heteroatoms. The van der Waals surface area contributed by atoms with E-state index in [1.54, 1.807) is 10.7 Å². The van der Waals surface area contributed by atoms with E-state index in [9.17, 15) is 12.8 Å². The predicted molar refractivity (Wildman–Crippen MR) is 145 cm³/mol. The van der Waals surface area contributed by atoms with Crippen LogP contribution in [0, 0.1) is 5.82 Å². The predicted octanol–water partition coefficient (Wildman–Crippen LogP) is 6.04. The van der Waals surface area contributed by atoms with Crippen LogP contribution in [0.25, 0.3) is 16.9 Å². The summed E-state index contributed by atoms with van der Waals surface area (Å²) >= 11 is 9.92. The fourth-order valence-electron chi connectivity index (χ4n) is 3.79. The van der Waals surface area contributed by atoms with E-state index in [0.29, 0.717) is 28.7 Å². The lowest BCUT2D eigenvalue weighted by Gasteiger charge is -2.13. The maximum absolute atomic E-state index is 13.1. The van der Waals surface area contributed by atoms with Crippen molar-refractivity contribution in [2.24, 2.45) is 0 Å². The quantitative estimate of drug-likeness (QED) is 0.227. The molecule has 0 aliphatic heterocycles. The Morgan fingerprint density at radius 3 is 2.43 bits per heavy atom. The molecule has 7 nitrogen and oxygen atoms in total. The lowest BCUT2D eigenvalue weighted by Crippen LogP contribution is -2.23. The average molecular weight is 601 g/mol. The van der Waals surface area contributed by atoms with Gasteiger partial charge in [0.25, 0.3) is 0 Å². The highest BCUT2D eigenvalue weighted by Crippen LogP contribution is 2.30. The molecule has 0 bridgehead atoms. The Hall–Kier alpha value is -3.31. The van der Waals surface area contributed by atoms with Crippen LogP contribution in [0.2, 0.25) is 5.02 Å². The van der Waals surface area contributed by atoms with Crippen molar-refractivity contribution in [1.82, 2.24) is 19.3 Å². The molecule has 5 aromatic rings. The average Bonchev–Trinajstić information content (AvgIpc) is 3.27. The number of sulfonamides is 1. The highest BCUT2D eigenvalue weighted by atomic mass is 79.9. The lowest BCUT2D eigenvalue weighted by atomic mass is 10.1. The molecule has 0 fully saturated rings. The molecule has 0 spiro atoms. The zero-order chi connectivity index (χ0) is 26.0. The van der Waals surface area contributed by atoms with Gasteiger partial charge in [-0.25, -0.2) is 22.5 Å². The molecule has 0 aliphatic rings. The van der Waals surface area contributed by atoms with Crippen LogP contribution in [0.15, 0.2) is 94.4 Å². The van der Waals surface area contributed by atoms with Crippen molar-refractivity contribution in [3.63, 3.8) is 0 Å². The topological polar surface area (TPSA) is 88.4 Å². The van der Waals surface area contributed by atoms with Gasteiger partial charge in [-0.05, 0) is 57.4 Å². The van der Waals surface area contributed by atoms with Crippen LogP contribution >= 0.6 is 27.5 Å². The minimum Gasteiger partial charge on any atom is -0.366 e. The summed E-state index contributed by atoms with van der Waals surface area (Å²) in [7, 11) is -3.77. The highest BCUT2D eigenvalue weighted by Gasteiger charge is 2.15. The maximum atomic E-state index is 13.1. The fraction of sp³-hybridized carbons (Fsp3) is 0.0769. The highest BCUT2D eigenvalue weighted by molar-refractivity contribution is 9.10. The minimum atomic E-state index is -3.77. The second-order valence-corrected chi connectivity index (χ2v) is 11.2. The number of halogens is 3. The standard InChI is InChI=1S/C26H20BrClFN5O2S/c27-22-16-31-34-25(13-24(33-26(22)34)21-6-1-2-7-23(21)28)30-14-17-4-3-5-18(12-17)15-32-37(35,36)20-10-8-19(29)9-11-20/h1-13,16,30,32H,14-15H2. The van der Waals surface area contributed by atoms with Gasteiger partial charge in [0.15, 0.2) is 5.65 Å². The third-order valence-electron chi connectivity index (χ3n) is 5.63. The summed E-state index contributed by atoms with van der Waals surface area (Å²) in [6.45, 7) is 0.549. The van der Waals surface area contributed by atoms with Crippen molar-refractivity contribution < 1.29 is 12.8 Å². The van der Waals surface area contributed by atoms with Crippen molar-refractivity contribution in [3.05, 3.63) is 111 Å². The van der Waals surface area contributed by atoms with E-state index < -0.39 is 15.8 Å². The summed E-state index contributed by atoms with van der Waals surface area (Å²) in [5.41, 5.74) is 3.87. The summed E-state index contributed by atoms with van der Waals surface area (Å²) in [6, 6.07) is 21.6. The normalized spacial score (nSPS) is 11.6. The van der Waals surface area contributed by atoms with Gasteiger partial charge in [0, 0.05) is 29.7 Å². The Bertz CT molecular complexity index is 1690. The first-order valence-electron chi connectivity index (χ1n) is 11.2. The summed E-state index contributed by atoms with van der Waals surface area (Å²) in [5.74, 6) is 0.222. The van der Waals surface area contributed by atoms with E-state index in [4.69, 9.17) is 16.6 Å². The third kappa shape index (κ3) is 5.67. The van der Waals surface area contributed by atoms with Gasteiger partial charge in [-0.15, -0.1) is 0 Å². The number of aromatic nitrogens is 3. The molecule has 0 saturated heterocycles. The first kappa shape index (κ1) is 25.3. The van der Waals surface area contributed by atoms with Gasteiger partial charge in [0.05, 0.1) is 21.3 Å². The molecular weight excluding hydrogens is 581 g/mol. The van der Waals surface area contributed by atoms with Crippen LogP contribution in [0.5, 0.6) is 0 Å². The van der Waals surface area contributed by atoms with E-state index in [-0.39, 0.29) is 11.4 Å². The number of hydrogen-bond acceptors (Lipinski definition) is 5. The molecule has 188 valence electrons. The number of fused-ring (bicyclic) bond motifs is 1. The van der Waals surface area contributed by atoms with Crippen LogP contribution in [0.4, 0.5) is 10.2 Å². The van der Waals surface area contributed by atoms with Gasteiger partial charge in [0.2, 0.25) is 10.0 Å². The van der Waals surface area contributed by atoms with Gasteiger partial charge < -0.3 is 5.32 Å². The Morgan fingerprint density at radius 1 is 0.946 bits per heavy atom. The maximum Gasteiger partial charge on any atom is 0.240 e. The van der Waals surface area contributed by atoms with E-state index >= 15 is 0 Å². The zero-order valence-electron chi connectivity index (χ0n) is 19.2. The van der Waals surface area contributed by atoms with Crippen LogP contribution in [0.1, 0.15) is 11.1 Å². The summed E-state index contributed by atoms with van der Waals surface area (Å²) in [4.78, 5) is 4.72. The first-order chi connectivity index (χ1) is 17.8. The van der Waals surface area contributed by atoms with Gasteiger partial charge in [0.1, 0.15) is 11.6 Å². The largest absolute Gasteiger partial charge is 0.366 e. The molecular formula is C26H20BrClFN5O2S. The van der Waals surface area contributed by atoms with Crippen molar-refractivity contribution in [2.45, 2.75) is 18.0 Å². The Morgan fingerprint density at radius 2 is 1.68 bits per heavy atom. The Kier molecular flexibility index (Phi) is 7.25. The van der Waals surface area contributed by atoms with Crippen LogP contribution in [0.3, 0.4) is 0 Å².